The number of allylic oxidation sites excluding steroid dienone is 1. The van der Waals surface area contributed by atoms with Crippen molar-refractivity contribution >= 4 is 51.2 Å². The molecular formula is C40H50N6O8S. The number of fused-ring (bicyclic) bond motifs is 3. The first-order valence-electron chi connectivity index (χ1n) is 19.4. The summed E-state index contributed by atoms with van der Waals surface area (Å²) in [5.41, 5.74) is 1.87. The lowest BCUT2D eigenvalue weighted by atomic mass is 10.0. The first-order valence-corrected chi connectivity index (χ1v) is 20.3. The average molecular weight is 775 g/mol. The van der Waals surface area contributed by atoms with Gasteiger partial charge in [-0.25, -0.2) is 14.8 Å². The molecule has 2 aromatic heterocycles. The molecule has 4 aliphatic rings. The Morgan fingerprint density at radius 2 is 1.82 bits per heavy atom. The number of methoxy groups -OCH3 is 1. The first kappa shape index (κ1) is 38.4. The van der Waals surface area contributed by atoms with Crippen molar-refractivity contribution in [3.63, 3.8) is 0 Å². The van der Waals surface area contributed by atoms with Crippen LogP contribution in [0.2, 0.25) is 0 Å². The van der Waals surface area contributed by atoms with Gasteiger partial charge in [0.15, 0.2) is 5.13 Å². The Bertz CT molecular complexity index is 1930. The van der Waals surface area contributed by atoms with E-state index < -0.39 is 54.0 Å². The minimum atomic E-state index is -0.976. The molecule has 15 heteroatoms. The van der Waals surface area contributed by atoms with E-state index in [1.165, 1.54) is 16.2 Å². The predicted molar refractivity (Wildman–Crippen MR) is 207 cm³/mol. The van der Waals surface area contributed by atoms with Gasteiger partial charge in [0.1, 0.15) is 41.5 Å². The fourth-order valence-electron chi connectivity index (χ4n) is 7.96. The van der Waals surface area contributed by atoms with Gasteiger partial charge in [0.05, 0.1) is 30.8 Å². The molecule has 3 fully saturated rings. The number of aromatic nitrogens is 2. The highest BCUT2D eigenvalue weighted by molar-refractivity contribution is 7.14. The highest BCUT2D eigenvalue weighted by Gasteiger charge is 2.56. The van der Waals surface area contributed by atoms with Crippen LogP contribution in [-0.4, -0.2) is 93.9 Å². The topological polar surface area (TPSA) is 181 Å². The van der Waals surface area contributed by atoms with Gasteiger partial charge >= 0.3 is 12.1 Å². The Kier molecular flexibility index (Phi) is 11.7. The number of hydrogen-bond donors (Lipinski definition) is 4. The predicted octanol–water partition coefficient (Wildman–Crippen LogP) is 5.91. The molecule has 2 saturated carbocycles. The van der Waals surface area contributed by atoms with Crippen LogP contribution in [0.5, 0.6) is 11.5 Å². The number of carboxylic acid groups (broad SMARTS) is 1. The number of rotatable bonds is 9. The summed E-state index contributed by atoms with van der Waals surface area (Å²) in [4.78, 5) is 65.0. The van der Waals surface area contributed by atoms with Crippen LogP contribution in [0, 0.1) is 11.8 Å². The zero-order chi connectivity index (χ0) is 38.6. The van der Waals surface area contributed by atoms with Gasteiger partial charge in [0.25, 0.3) is 0 Å². The standard InChI is InChI=1S/C40H50N6O8S/c1-22(2)41-39-43-31(21-55-39)30-19-33(26-16-15-24(52-3)17-29(26)42-30)53-25-18-32-36(47)45-35-27(34(35)38(49)50)13-7-5-4-6-8-14-28(37(48)46(32)20-25)44-40(51)54-23-11-9-10-12-23/h7,13,15-17,19,21-23,25,27-28,32,34-35H,4-6,8-12,14,18,20H2,1-3H3,(H,41,43)(H,44,51)(H,45,47)(H,49,50)/b13-7-/t25-,27?,28+,32?,34?,35?/m1/s1. The van der Waals surface area contributed by atoms with E-state index in [1.54, 1.807) is 7.11 Å². The van der Waals surface area contributed by atoms with E-state index >= 15 is 0 Å². The fourth-order valence-corrected chi connectivity index (χ4v) is 8.81. The number of nitrogens with zero attached hydrogens (tertiary/aromatic N) is 3. The number of carboxylic acids is 1. The summed E-state index contributed by atoms with van der Waals surface area (Å²) in [6.45, 7) is 4.15. The van der Waals surface area contributed by atoms with Gasteiger partial charge in [-0.3, -0.25) is 14.4 Å². The van der Waals surface area contributed by atoms with Gasteiger partial charge in [-0.1, -0.05) is 25.0 Å². The molecule has 7 rings (SSSR count). The second-order valence-electron chi connectivity index (χ2n) is 15.3. The smallest absolute Gasteiger partial charge is 0.408 e. The SMILES string of the molecule is COc1ccc2c(O[C@@H]3CC4C(=O)NC5C(/C=C\CCCCC[C@H](NC(=O)OC6CCCC6)C(=O)N4C3)C5C(=O)O)cc(-c3csc(NC(C)C)n3)nc2c1. The molecule has 0 spiro atoms. The lowest BCUT2D eigenvalue weighted by Crippen LogP contribution is -2.54. The largest absolute Gasteiger partial charge is 0.497 e. The number of amides is 3. The zero-order valence-electron chi connectivity index (χ0n) is 31.5. The third kappa shape index (κ3) is 8.98. The van der Waals surface area contributed by atoms with E-state index in [2.05, 4.69) is 16.0 Å². The summed E-state index contributed by atoms with van der Waals surface area (Å²) in [5.74, 6) is -1.78. The number of hydrogen-bond acceptors (Lipinski definition) is 11. The van der Waals surface area contributed by atoms with Crippen molar-refractivity contribution in [2.45, 2.75) is 114 Å². The maximum absolute atomic E-state index is 14.5. The number of benzene rings is 1. The number of anilines is 1. The van der Waals surface area contributed by atoms with Crippen LogP contribution in [0.3, 0.4) is 0 Å². The lowest BCUT2D eigenvalue weighted by molar-refractivity contribution is -0.141. The molecular weight excluding hydrogens is 725 g/mol. The Morgan fingerprint density at radius 3 is 2.58 bits per heavy atom. The maximum atomic E-state index is 14.5. The Labute approximate surface area is 324 Å². The van der Waals surface area contributed by atoms with Crippen LogP contribution >= 0.6 is 11.3 Å². The monoisotopic (exact) mass is 774 g/mol. The number of alkyl carbamates (subject to hydrolysis) is 1. The molecule has 4 N–H and O–H groups in total. The number of nitrogens with one attached hydrogen (secondary N) is 3. The minimum Gasteiger partial charge on any atom is -0.497 e. The van der Waals surface area contributed by atoms with Crippen molar-refractivity contribution in [2.75, 3.05) is 19.0 Å². The van der Waals surface area contributed by atoms with Gasteiger partial charge in [0.2, 0.25) is 11.8 Å². The molecule has 2 aliphatic carbocycles. The van der Waals surface area contributed by atoms with Crippen LogP contribution in [0.25, 0.3) is 22.3 Å². The van der Waals surface area contributed by atoms with E-state index in [1.807, 2.05) is 55.6 Å². The van der Waals surface area contributed by atoms with E-state index in [9.17, 15) is 24.3 Å². The maximum Gasteiger partial charge on any atom is 0.408 e. The normalized spacial score (nSPS) is 26.7. The van der Waals surface area contributed by atoms with Crippen LogP contribution in [0.15, 0.2) is 41.8 Å². The molecule has 55 heavy (non-hydrogen) atoms. The molecule has 14 nitrogen and oxygen atoms in total. The summed E-state index contributed by atoms with van der Waals surface area (Å²) >= 11 is 1.47. The molecule has 4 unspecified atom stereocenters. The fraction of sp³-hybridized carbons (Fsp3) is 0.550. The van der Waals surface area contributed by atoms with Crippen molar-refractivity contribution < 1.29 is 38.5 Å². The highest BCUT2D eigenvalue weighted by Crippen LogP contribution is 2.42. The summed E-state index contributed by atoms with van der Waals surface area (Å²) < 4.78 is 17.9. The third-order valence-electron chi connectivity index (χ3n) is 10.9. The van der Waals surface area contributed by atoms with Gasteiger partial charge < -0.3 is 40.2 Å². The minimum absolute atomic E-state index is 0.0671. The molecule has 3 amide bonds. The molecule has 1 aromatic carbocycles. The number of thiazole rings is 1. The quantitative estimate of drug-likeness (QED) is 0.190. The number of carbonyl (C=O) groups is 4. The van der Waals surface area contributed by atoms with Gasteiger partial charge in [-0.2, -0.15) is 0 Å². The van der Waals surface area contributed by atoms with Gasteiger partial charge in [0, 0.05) is 47.3 Å². The van der Waals surface area contributed by atoms with Crippen LogP contribution in [0.4, 0.5) is 9.93 Å². The number of ether oxygens (including phenoxy) is 3. The molecule has 0 bridgehead atoms. The van der Waals surface area contributed by atoms with Crippen molar-refractivity contribution in [1.82, 2.24) is 25.5 Å². The Balaban J connectivity index is 1.19. The number of aliphatic carboxylic acids is 1. The molecule has 2 aliphatic heterocycles. The van der Waals surface area contributed by atoms with E-state index in [-0.39, 0.29) is 31.0 Å². The van der Waals surface area contributed by atoms with Gasteiger partial charge in [-0.05, 0) is 70.9 Å². The molecule has 1 saturated heterocycles. The Morgan fingerprint density at radius 1 is 1.02 bits per heavy atom. The van der Waals surface area contributed by atoms with Crippen molar-refractivity contribution in [3.8, 4) is 22.9 Å². The Hall–Kier alpha value is -4.92. The molecule has 4 heterocycles. The van der Waals surface area contributed by atoms with E-state index in [0.717, 1.165) is 50.1 Å². The number of carbonyl (C=O) groups excluding carboxylic acids is 3. The third-order valence-corrected chi connectivity index (χ3v) is 11.6. The van der Waals surface area contributed by atoms with Crippen LogP contribution in [0.1, 0.15) is 78.1 Å². The summed E-state index contributed by atoms with van der Waals surface area (Å²) in [6.07, 6.45) is 9.62. The van der Waals surface area contributed by atoms with E-state index in [4.69, 9.17) is 24.2 Å². The molecule has 0 radical (unpaired) electrons. The molecule has 6 atom stereocenters. The van der Waals surface area contributed by atoms with Gasteiger partial charge in [-0.15, -0.1) is 11.3 Å². The second-order valence-corrected chi connectivity index (χ2v) is 16.1. The van der Waals surface area contributed by atoms with Crippen molar-refractivity contribution in [2.24, 2.45) is 11.8 Å². The molecule has 294 valence electrons. The van der Waals surface area contributed by atoms with E-state index in [0.29, 0.717) is 46.6 Å². The lowest BCUT2D eigenvalue weighted by Gasteiger charge is -2.29. The second kappa shape index (κ2) is 16.8. The summed E-state index contributed by atoms with van der Waals surface area (Å²) in [7, 11) is 1.59. The molecule has 3 aromatic rings. The first-order chi connectivity index (χ1) is 26.6. The highest BCUT2D eigenvalue weighted by atomic mass is 32.1. The van der Waals surface area contributed by atoms with Crippen LogP contribution < -0.4 is 25.4 Å². The summed E-state index contributed by atoms with van der Waals surface area (Å²) in [5, 5.41) is 22.4. The van der Waals surface area contributed by atoms with Crippen molar-refractivity contribution in [3.05, 3.63) is 41.8 Å². The van der Waals surface area contributed by atoms with Crippen molar-refractivity contribution in [1.29, 1.82) is 0 Å². The summed E-state index contributed by atoms with van der Waals surface area (Å²) in [6, 6.07) is 5.06. The number of pyridine rings is 1. The average Bonchev–Trinajstić information content (AvgIpc) is 3.60. The van der Waals surface area contributed by atoms with Crippen LogP contribution in [-0.2, 0) is 19.1 Å². The zero-order valence-corrected chi connectivity index (χ0v) is 32.3.